The highest BCUT2D eigenvalue weighted by molar-refractivity contribution is 9.10. The fourth-order valence-corrected chi connectivity index (χ4v) is 2.26. The van der Waals surface area contributed by atoms with Gasteiger partial charge in [0, 0.05) is 10.7 Å². The Morgan fingerprint density at radius 1 is 1.29 bits per heavy atom. The molecule has 0 saturated carbocycles. The van der Waals surface area contributed by atoms with Gasteiger partial charge in [-0.1, -0.05) is 12.1 Å². The van der Waals surface area contributed by atoms with Crippen LogP contribution in [0.1, 0.15) is 29.3 Å². The third kappa shape index (κ3) is 2.95. The van der Waals surface area contributed by atoms with Crippen LogP contribution in [0.15, 0.2) is 47.1 Å². The molecule has 0 spiro atoms. The molecule has 3 aromatic rings. The van der Waals surface area contributed by atoms with Gasteiger partial charge < -0.3 is 10.3 Å². The molecule has 106 valence electrons. The van der Waals surface area contributed by atoms with Crippen molar-refractivity contribution in [1.29, 1.82) is 0 Å². The molecule has 0 aliphatic rings. The van der Waals surface area contributed by atoms with Gasteiger partial charge in [0.05, 0.1) is 17.1 Å². The Kier molecular flexibility index (Phi) is 3.70. The number of amides is 1. The summed E-state index contributed by atoms with van der Waals surface area (Å²) in [6.07, 6.45) is 1.60. The van der Waals surface area contributed by atoms with Gasteiger partial charge in [-0.05, 0) is 47.1 Å². The van der Waals surface area contributed by atoms with Crippen molar-refractivity contribution >= 4 is 32.9 Å². The number of aromatic amines is 1. The molecular weight excluding hydrogens is 332 g/mol. The molecular formula is C15H13BrN4O. The lowest BCUT2D eigenvalue weighted by Gasteiger charge is -2.10. The number of H-pyrrole nitrogens is 1. The zero-order valence-corrected chi connectivity index (χ0v) is 12.9. The number of benzene rings is 1. The number of nitrogens with zero attached hydrogens (tertiary/aromatic N) is 2. The molecule has 2 N–H and O–H groups in total. The van der Waals surface area contributed by atoms with Gasteiger partial charge in [0.25, 0.3) is 5.91 Å². The summed E-state index contributed by atoms with van der Waals surface area (Å²) in [5, 5.41) is 2.88. The number of pyridine rings is 1. The van der Waals surface area contributed by atoms with Crippen molar-refractivity contribution in [2.75, 3.05) is 0 Å². The molecule has 0 bridgehead atoms. The van der Waals surface area contributed by atoms with Gasteiger partial charge in [-0.3, -0.25) is 4.79 Å². The average molecular weight is 345 g/mol. The van der Waals surface area contributed by atoms with Gasteiger partial charge in [0.15, 0.2) is 0 Å². The summed E-state index contributed by atoms with van der Waals surface area (Å²) in [6.45, 7) is 1.88. The minimum absolute atomic E-state index is 0.226. The summed E-state index contributed by atoms with van der Waals surface area (Å²) in [5.74, 6) is 0.497. The Hall–Kier alpha value is -2.21. The van der Waals surface area contributed by atoms with Crippen molar-refractivity contribution < 1.29 is 4.79 Å². The van der Waals surface area contributed by atoms with E-state index in [1.807, 2.05) is 31.2 Å². The van der Waals surface area contributed by atoms with E-state index in [-0.39, 0.29) is 11.9 Å². The number of hydrogen-bond donors (Lipinski definition) is 2. The van der Waals surface area contributed by atoms with E-state index in [0.717, 1.165) is 21.3 Å². The van der Waals surface area contributed by atoms with E-state index in [1.165, 1.54) is 0 Å². The topological polar surface area (TPSA) is 70.7 Å². The molecule has 2 aromatic heterocycles. The monoisotopic (exact) mass is 344 g/mol. The number of carbonyl (C=O) groups is 1. The number of rotatable bonds is 3. The van der Waals surface area contributed by atoms with Crippen LogP contribution >= 0.6 is 15.9 Å². The normalized spacial score (nSPS) is 12.3. The number of hydrogen-bond acceptors (Lipinski definition) is 3. The van der Waals surface area contributed by atoms with Crippen LogP contribution in [0.5, 0.6) is 0 Å². The van der Waals surface area contributed by atoms with Gasteiger partial charge in [-0.15, -0.1) is 0 Å². The molecule has 1 unspecified atom stereocenters. The van der Waals surface area contributed by atoms with Crippen LogP contribution in [0.25, 0.3) is 11.0 Å². The van der Waals surface area contributed by atoms with E-state index in [4.69, 9.17) is 0 Å². The standard InChI is InChI=1S/C15H13BrN4O/c1-9(14-19-11-4-2-3-5-12(11)20-14)18-15(21)13-7-6-10(16)8-17-13/h2-9H,1H3,(H,18,21)(H,19,20). The summed E-state index contributed by atoms with van der Waals surface area (Å²) < 4.78 is 0.837. The van der Waals surface area contributed by atoms with Gasteiger partial charge in [-0.25, -0.2) is 9.97 Å². The van der Waals surface area contributed by atoms with Crippen molar-refractivity contribution in [3.8, 4) is 0 Å². The SMILES string of the molecule is CC(NC(=O)c1ccc(Br)cn1)c1nc2ccccc2[nH]1. The number of para-hydroxylation sites is 2. The Balaban J connectivity index is 1.77. The minimum atomic E-state index is -0.227. The molecule has 0 radical (unpaired) electrons. The Morgan fingerprint density at radius 2 is 2.10 bits per heavy atom. The van der Waals surface area contributed by atoms with Gasteiger partial charge in [0.2, 0.25) is 0 Å². The highest BCUT2D eigenvalue weighted by atomic mass is 79.9. The lowest BCUT2D eigenvalue weighted by atomic mass is 10.3. The number of aromatic nitrogens is 3. The number of fused-ring (bicyclic) bond motifs is 1. The van der Waals surface area contributed by atoms with Crippen molar-refractivity contribution in [1.82, 2.24) is 20.3 Å². The van der Waals surface area contributed by atoms with E-state index >= 15 is 0 Å². The number of nitrogens with one attached hydrogen (secondary N) is 2. The second-order valence-corrected chi connectivity index (χ2v) is 5.61. The first kappa shape index (κ1) is 13.8. The van der Waals surface area contributed by atoms with E-state index < -0.39 is 0 Å². The molecule has 6 heteroatoms. The average Bonchev–Trinajstić information content (AvgIpc) is 2.92. The fourth-order valence-electron chi connectivity index (χ4n) is 2.03. The van der Waals surface area contributed by atoms with Crippen molar-refractivity contribution in [3.63, 3.8) is 0 Å². The first-order valence-electron chi connectivity index (χ1n) is 6.50. The first-order chi connectivity index (χ1) is 10.1. The lowest BCUT2D eigenvalue weighted by molar-refractivity contribution is 0.0933. The Labute approximate surface area is 129 Å². The molecule has 0 aliphatic carbocycles. The number of halogens is 1. The molecule has 1 aromatic carbocycles. The molecule has 3 rings (SSSR count). The van der Waals surface area contributed by atoms with Crippen molar-refractivity contribution in [2.24, 2.45) is 0 Å². The molecule has 0 saturated heterocycles. The second-order valence-electron chi connectivity index (χ2n) is 4.70. The maximum Gasteiger partial charge on any atom is 0.270 e. The summed E-state index contributed by atoms with van der Waals surface area (Å²) >= 11 is 3.29. The smallest absolute Gasteiger partial charge is 0.270 e. The van der Waals surface area contributed by atoms with Crippen LogP contribution < -0.4 is 5.32 Å². The fraction of sp³-hybridized carbons (Fsp3) is 0.133. The number of carbonyl (C=O) groups excluding carboxylic acids is 1. The van der Waals surface area contributed by atoms with Gasteiger partial charge >= 0.3 is 0 Å². The lowest BCUT2D eigenvalue weighted by Crippen LogP contribution is -2.28. The summed E-state index contributed by atoms with van der Waals surface area (Å²) in [6, 6.07) is 11.0. The highest BCUT2D eigenvalue weighted by Gasteiger charge is 2.15. The van der Waals surface area contributed by atoms with Crippen molar-refractivity contribution in [2.45, 2.75) is 13.0 Å². The van der Waals surface area contributed by atoms with Crippen LogP contribution in [0.2, 0.25) is 0 Å². The molecule has 0 fully saturated rings. The highest BCUT2D eigenvalue weighted by Crippen LogP contribution is 2.16. The maximum atomic E-state index is 12.1. The first-order valence-corrected chi connectivity index (χ1v) is 7.30. The third-order valence-corrected chi connectivity index (χ3v) is 3.59. The van der Waals surface area contributed by atoms with E-state index in [2.05, 4.69) is 36.2 Å². The third-order valence-electron chi connectivity index (χ3n) is 3.13. The molecule has 1 atom stereocenters. The zero-order valence-electron chi connectivity index (χ0n) is 11.3. The minimum Gasteiger partial charge on any atom is -0.341 e. The summed E-state index contributed by atoms with van der Waals surface area (Å²) in [7, 11) is 0. The maximum absolute atomic E-state index is 12.1. The number of imidazole rings is 1. The molecule has 5 nitrogen and oxygen atoms in total. The predicted octanol–water partition coefficient (Wildman–Crippen LogP) is 3.21. The quantitative estimate of drug-likeness (QED) is 0.766. The molecule has 21 heavy (non-hydrogen) atoms. The van der Waals surface area contributed by atoms with E-state index in [0.29, 0.717) is 5.69 Å². The van der Waals surface area contributed by atoms with E-state index in [9.17, 15) is 4.79 Å². The van der Waals surface area contributed by atoms with E-state index in [1.54, 1.807) is 18.3 Å². The molecule has 1 amide bonds. The van der Waals surface area contributed by atoms with Crippen LogP contribution in [0.4, 0.5) is 0 Å². The zero-order chi connectivity index (χ0) is 14.8. The summed E-state index contributed by atoms with van der Waals surface area (Å²) in [4.78, 5) is 23.9. The van der Waals surface area contributed by atoms with Crippen LogP contribution in [0, 0.1) is 0 Å². The second kappa shape index (κ2) is 5.65. The van der Waals surface area contributed by atoms with Crippen molar-refractivity contribution in [3.05, 3.63) is 58.6 Å². The molecule has 2 heterocycles. The summed E-state index contributed by atoms with van der Waals surface area (Å²) in [5.41, 5.74) is 2.21. The largest absolute Gasteiger partial charge is 0.341 e. The van der Waals surface area contributed by atoms with Gasteiger partial charge in [-0.2, -0.15) is 0 Å². The Bertz CT molecular complexity index is 749. The van der Waals surface area contributed by atoms with Crippen LogP contribution in [0.3, 0.4) is 0 Å². The Morgan fingerprint density at radius 3 is 2.81 bits per heavy atom. The van der Waals surface area contributed by atoms with Crippen LogP contribution in [-0.2, 0) is 0 Å². The van der Waals surface area contributed by atoms with Gasteiger partial charge in [0.1, 0.15) is 11.5 Å². The van der Waals surface area contributed by atoms with Crippen LogP contribution in [-0.4, -0.2) is 20.9 Å². The molecule has 0 aliphatic heterocycles. The predicted molar refractivity (Wildman–Crippen MR) is 83.9 cm³/mol.